The minimum absolute atomic E-state index is 0.152. The Hall–Kier alpha value is -1.15. The first-order valence-electron chi connectivity index (χ1n) is 8.03. The number of rotatable bonds is 4. The molecule has 1 nitrogen and oxygen atoms in total. The highest BCUT2D eigenvalue weighted by atomic mass is 19.1. The Kier molecular flexibility index (Phi) is 3.48. The van der Waals surface area contributed by atoms with E-state index in [9.17, 15) is 4.39 Å². The Morgan fingerprint density at radius 3 is 2.38 bits per heavy atom. The number of nitrogens with zero attached hydrogens (tertiary/aromatic N) is 1. The van der Waals surface area contributed by atoms with Gasteiger partial charge in [-0.3, -0.25) is 0 Å². The van der Waals surface area contributed by atoms with Crippen LogP contribution in [0.4, 0.5) is 4.39 Å². The third-order valence-corrected chi connectivity index (χ3v) is 5.72. The van der Waals surface area contributed by atoms with Crippen molar-refractivity contribution in [2.75, 3.05) is 20.6 Å². The van der Waals surface area contributed by atoms with Crippen LogP contribution in [0.3, 0.4) is 0 Å². The van der Waals surface area contributed by atoms with E-state index in [0.717, 1.165) is 29.4 Å². The Labute approximate surface area is 128 Å². The molecule has 0 amide bonds. The summed E-state index contributed by atoms with van der Waals surface area (Å²) in [4.78, 5) is 0. The average Bonchev–Trinajstić information content (AvgIpc) is 2.40. The van der Waals surface area contributed by atoms with Gasteiger partial charge in [-0.15, -0.1) is 0 Å². The number of likely N-dealkylation sites (N-methyl/N-ethyl adjacent to an activating group) is 1. The second-order valence-corrected chi connectivity index (χ2v) is 8.20. The fourth-order valence-corrected chi connectivity index (χ4v) is 4.29. The molecule has 0 unspecified atom stereocenters. The van der Waals surface area contributed by atoms with Gasteiger partial charge in [0.05, 0.1) is 14.1 Å². The van der Waals surface area contributed by atoms with Gasteiger partial charge in [0.1, 0.15) is 18.9 Å². The first-order chi connectivity index (χ1) is 9.78. The van der Waals surface area contributed by atoms with E-state index < -0.39 is 0 Å². The summed E-state index contributed by atoms with van der Waals surface area (Å²) >= 11 is 0. The SMILES string of the molecule is CC1(C)[C@H]2CC=C(C[N+](C)(C)Cc3ccc(F)cc3)[C@@H]1C2. The molecule has 0 saturated heterocycles. The molecule has 1 aromatic rings. The molecule has 0 N–H and O–H groups in total. The van der Waals surface area contributed by atoms with Gasteiger partial charge in [-0.2, -0.15) is 0 Å². The summed E-state index contributed by atoms with van der Waals surface area (Å²) in [6.07, 6.45) is 5.14. The number of hydrogen-bond donors (Lipinski definition) is 0. The van der Waals surface area contributed by atoms with E-state index in [0.29, 0.717) is 5.41 Å². The van der Waals surface area contributed by atoms with Gasteiger partial charge in [0.25, 0.3) is 0 Å². The maximum Gasteiger partial charge on any atom is 0.123 e. The van der Waals surface area contributed by atoms with Crippen molar-refractivity contribution >= 4 is 0 Å². The third-order valence-electron chi connectivity index (χ3n) is 5.72. The molecule has 0 heterocycles. The molecule has 4 rings (SSSR count). The van der Waals surface area contributed by atoms with Gasteiger partial charge in [-0.25, -0.2) is 4.39 Å². The third kappa shape index (κ3) is 2.78. The van der Waals surface area contributed by atoms with Gasteiger partial charge >= 0.3 is 0 Å². The fraction of sp³-hybridized carbons (Fsp3) is 0.579. The topological polar surface area (TPSA) is 0 Å². The number of benzene rings is 1. The predicted octanol–water partition coefficient (Wildman–Crippen LogP) is 4.39. The van der Waals surface area contributed by atoms with E-state index in [1.807, 2.05) is 12.1 Å². The van der Waals surface area contributed by atoms with Crippen molar-refractivity contribution in [1.82, 2.24) is 0 Å². The summed E-state index contributed by atoms with van der Waals surface area (Å²) in [6, 6.07) is 6.95. The van der Waals surface area contributed by atoms with Gasteiger partial charge in [0.15, 0.2) is 0 Å². The zero-order chi connectivity index (χ0) is 15.3. The normalized spacial score (nSPS) is 27.0. The van der Waals surface area contributed by atoms with Crippen molar-refractivity contribution in [2.24, 2.45) is 17.3 Å². The lowest BCUT2D eigenvalue weighted by atomic mass is 9.49. The van der Waals surface area contributed by atoms with Crippen LogP contribution in [0.1, 0.15) is 32.3 Å². The molecular formula is C19H27FN+. The van der Waals surface area contributed by atoms with Gasteiger partial charge in [0, 0.05) is 5.56 Å². The van der Waals surface area contributed by atoms with E-state index in [-0.39, 0.29) is 5.82 Å². The van der Waals surface area contributed by atoms with Crippen molar-refractivity contribution in [3.63, 3.8) is 0 Å². The van der Waals surface area contributed by atoms with Crippen molar-refractivity contribution in [3.05, 3.63) is 47.3 Å². The molecule has 0 spiro atoms. The molecule has 2 heteroatoms. The van der Waals surface area contributed by atoms with E-state index in [1.54, 1.807) is 17.7 Å². The number of fused-ring (bicyclic) bond motifs is 1. The van der Waals surface area contributed by atoms with Crippen LogP contribution in [0.15, 0.2) is 35.9 Å². The molecule has 3 aliphatic rings. The van der Waals surface area contributed by atoms with E-state index in [1.165, 1.54) is 18.4 Å². The van der Waals surface area contributed by atoms with Crippen LogP contribution < -0.4 is 0 Å². The fourth-order valence-electron chi connectivity index (χ4n) is 4.29. The Balaban J connectivity index is 1.69. The lowest BCUT2D eigenvalue weighted by Gasteiger charge is -2.57. The van der Waals surface area contributed by atoms with Crippen LogP contribution in [0.2, 0.25) is 0 Å². The first-order valence-corrected chi connectivity index (χ1v) is 8.03. The van der Waals surface area contributed by atoms with Crippen molar-refractivity contribution in [2.45, 2.75) is 33.2 Å². The van der Waals surface area contributed by atoms with Crippen LogP contribution in [-0.4, -0.2) is 25.1 Å². The predicted molar refractivity (Wildman–Crippen MR) is 85.2 cm³/mol. The van der Waals surface area contributed by atoms with Gasteiger partial charge < -0.3 is 4.48 Å². The summed E-state index contributed by atoms with van der Waals surface area (Å²) in [7, 11) is 4.56. The minimum atomic E-state index is -0.152. The van der Waals surface area contributed by atoms with Gasteiger partial charge in [-0.1, -0.05) is 32.1 Å². The molecule has 21 heavy (non-hydrogen) atoms. The summed E-state index contributed by atoms with van der Waals surface area (Å²) in [5.74, 6) is 1.53. The number of hydrogen-bond acceptors (Lipinski definition) is 0. The van der Waals surface area contributed by atoms with Crippen LogP contribution in [0.5, 0.6) is 0 Å². The molecule has 3 aliphatic carbocycles. The standard InChI is InChI=1S/C19H27FN/c1-19(2)16-8-7-15(18(19)11-16)13-21(3,4)12-14-5-9-17(20)10-6-14/h5-7,9-10,16,18H,8,11-13H2,1-4H3/q+1/t16-,18-/m0/s1. The van der Waals surface area contributed by atoms with Crippen LogP contribution in [0.25, 0.3) is 0 Å². The molecule has 1 saturated carbocycles. The highest BCUT2D eigenvalue weighted by Crippen LogP contribution is 2.59. The van der Waals surface area contributed by atoms with Gasteiger partial charge in [0.2, 0.25) is 0 Å². The summed E-state index contributed by atoms with van der Waals surface area (Å²) in [5, 5.41) is 0. The summed E-state index contributed by atoms with van der Waals surface area (Å²) in [6.45, 7) is 6.92. The second kappa shape index (κ2) is 4.95. The lowest BCUT2D eigenvalue weighted by Crippen LogP contribution is -2.52. The monoisotopic (exact) mass is 288 g/mol. The maximum atomic E-state index is 13.0. The zero-order valence-corrected chi connectivity index (χ0v) is 13.7. The van der Waals surface area contributed by atoms with E-state index in [2.05, 4.69) is 34.0 Å². The Morgan fingerprint density at radius 2 is 1.81 bits per heavy atom. The summed E-state index contributed by atoms with van der Waals surface area (Å²) < 4.78 is 14.0. The van der Waals surface area contributed by atoms with E-state index in [4.69, 9.17) is 0 Å². The van der Waals surface area contributed by atoms with Gasteiger partial charge in [-0.05, 0) is 47.8 Å². The molecular weight excluding hydrogens is 261 g/mol. The number of halogens is 1. The van der Waals surface area contributed by atoms with Crippen LogP contribution >= 0.6 is 0 Å². The molecule has 0 aromatic heterocycles. The average molecular weight is 288 g/mol. The molecule has 2 atom stereocenters. The molecule has 0 aliphatic heterocycles. The van der Waals surface area contributed by atoms with Crippen LogP contribution in [-0.2, 0) is 6.54 Å². The molecule has 2 bridgehead atoms. The zero-order valence-electron chi connectivity index (χ0n) is 13.7. The molecule has 1 fully saturated rings. The lowest BCUT2D eigenvalue weighted by molar-refractivity contribution is -0.899. The Bertz CT molecular complexity index is 553. The largest absolute Gasteiger partial charge is 0.321 e. The second-order valence-electron chi connectivity index (χ2n) is 8.20. The van der Waals surface area contributed by atoms with Crippen LogP contribution in [0, 0.1) is 23.1 Å². The Morgan fingerprint density at radius 1 is 1.14 bits per heavy atom. The smallest absolute Gasteiger partial charge is 0.123 e. The summed E-state index contributed by atoms with van der Waals surface area (Å²) in [5.41, 5.74) is 3.36. The quantitative estimate of drug-likeness (QED) is 0.569. The first kappa shape index (κ1) is 14.8. The van der Waals surface area contributed by atoms with E-state index >= 15 is 0 Å². The highest BCUT2D eigenvalue weighted by Gasteiger charge is 2.52. The molecule has 114 valence electrons. The highest BCUT2D eigenvalue weighted by molar-refractivity contribution is 5.23. The maximum absolute atomic E-state index is 13.0. The minimum Gasteiger partial charge on any atom is -0.321 e. The number of allylic oxidation sites excluding steroid dienone is 1. The molecule has 0 radical (unpaired) electrons. The van der Waals surface area contributed by atoms with Crippen molar-refractivity contribution in [3.8, 4) is 0 Å². The van der Waals surface area contributed by atoms with Crippen molar-refractivity contribution < 1.29 is 8.87 Å². The number of quaternary nitrogens is 1. The molecule has 1 aromatic carbocycles. The van der Waals surface area contributed by atoms with Crippen molar-refractivity contribution in [1.29, 1.82) is 0 Å².